The lowest BCUT2D eigenvalue weighted by atomic mass is 10.0. The van der Waals surface area contributed by atoms with Crippen molar-refractivity contribution >= 4 is 34.0 Å². The fourth-order valence-corrected chi connectivity index (χ4v) is 3.11. The zero-order chi connectivity index (χ0) is 20.4. The van der Waals surface area contributed by atoms with E-state index in [0.717, 1.165) is 0 Å². The molecule has 0 aliphatic carbocycles. The summed E-state index contributed by atoms with van der Waals surface area (Å²) in [4.78, 5) is 38.7. The highest BCUT2D eigenvalue weighted by molar-refractivity contribution is 6.11. The standard InChI is InChI=1S/C22H15N3O4/c26-21(14-6-2-1-3-7-14)16-9-4-10-17(12-16)23-22(27)18-13-15-8-5-11-19(25(28)29)20(15)24-18/h1-13,24H,(H,23,27). The number of anilines is 1. The van der Waals surface area contributed by atoms with Crippen LogP contribution in [0.25, 0.3) is 10.9 Å². The van der Waals surface area contributed by atoms with E-state index in [-0.39, 0.29) is 22.7 Å². The third-order valence-corrected chi connectivity index (χ3v) is 4.49. The van der Waals surface area contributed by atoms with Crippen molar-refractivity contribution in [2.24, 2.45) is 0 Å². The van der Waals surface area contributed by atoms with E-state index < -0.39 is 10.8 Å². The fraction of sp³-hybridized carbons (Fsp3) is 0. The number of nitro groups is 1. The Bertz CT molecular complexity index is 1250. The summed E-state index contributed by atoms with van der Waals surface area (Å²) in [7, 11) is 0. The lowest BCUT2D eigenvalue weighted by molar-refractivity contribution is -0.383. The summed E-state index contributed by atoms with van der Waals surface area (Å²) in [6.07, 6.45) is 0. The number of nitro benzene ring substituents is 1. The van der Waals surface area contributed by atoms with Crippen LogP contribution < -0.4 is 5.32 Å². The Balaban J connectivity index is 1.59. The largest absolute Gasteiger partial charge is 0.345 e. The number of aromatic nitrogens is 1. The first-order valence-corrected chi connectivity index (χ1v) is 8.80. The lowest BCUT2D eigenvalue weighted by Crippen LogP contribution is -2.13. The minimum Gasteiger partial charge on any atom is -0.345 e. The minimum absolute atomic E-state index is 0.1000. The Morgan fingerprint density at radius 3 is 2.34 bits per heavy atom. The van der Waals surface area contributed by atoms with Crippen LogP contribution in [0.5, 0.6) is 0 Å². The second kappa shape index (κ2) is 7.40. The van der Waals surface area contributed by atoms with Gasteiger partial charge < -0.3 is 10.3 Å². The number of nitrogens with zero attached hydrogens (tertiary/aromatic N) is 1. The number of benzene rings is 3. The average molecular weight is 385 g/mol. The number of nitrogens with one attached hydrogen (secondary N) is 2. The molecule has 0 unspecified atom stereocenters. The zero-order valence-corrected chi connectivity index (χ0v) is 15.1. The molecule has 1 heterocycles. The number of ketones is 1. The van der Waals surface area contributed by atoms with Crippen LogP contribution in [0.4, 0.5) is 11.4 Å². The van der Waals surface area contributed by atoms with E-state index in [0.29, 0.717) is 22.2 Å². The molecule has 0 aliphatic heterocycles. The normalized spacial score (nSPS) is 10.6. The molecule has 1 amide bonds. The van der Waals surface area contributed by atoms with Crippen LogP contribution in [0, 0.1) is 10.1 Å². The topological polar surface area (TPSA) is 105 Å². The van der Waals surface area contributed by atoms with Crippen molar-refractivity contribution in [3.63, 3.8) is 0 Å². The van der Waals surface area contributed by atoms with Gasteiger partial charge in [0.15, 0.2) is 5.78 Å². The van der Waals surface area contributed by atoms with Crippen LogP contribution in [-0.4, -0.2) is 21.6 Å². The number of amides is 1. The highest BCUT2D eigenvalue weighted by atomic mass is 16.6. The van der Waals surface area contributed by atoms with Crippen molar-refractivity contribution in [1.29, 1.82) is 0 Å². The van der Waals surface area contributed by atoms with Crippen molar-refractivity contribution in [2.75, 3.05) is 5.32 Å². The molecule has 1 aromatic heterocycles. The summed E-state index contributed by atoms with van der Waals surface area (Å²) in [6, 6.07) is 21.7. The third kappa shape index (κ3) is 3.61. The van der Waals surface area contributed by atoms with Crippen LogP contribution in [0.2, 0.25) is 0 Å². The number of carbonyl (C=O) groups excluding carboxylic acids is 2. The van der Waals surface area contributed by atoms with Crippen molar-refractivity contribution in [2.45, 2.75) is 0 Å². The number of hydrogen-bond donors (Lipinski definition) is 2. The van der Waals surface area contributed by atoms with E-state index in [9.17, 15) is 19.7 Å². The van der Waals surface area contributed by atoms with Gasteiger partial charge in [-0.3, -0.25) is 19.7 Å². The second-order valence-electron chi connectivity index (χ2n) is 6.41. The molecule has 0 saturated carbocycles. The van der Waals surface area contributed by atoms with E-state index in [1.165, 1.54) is 6.07 Å². The predicted molar refractivity (Wildman–Crippen MR) is 109 cm³/mol. The molecule has 4 rings (SSSR count). The maximum absolute atomic E-state index is 12.6. The number of non-ortho nitro benzene ring substituents is 1. The molecule has 0 bridgehead atoms. The molecule has 0 radical (unpaired) electrons. The number of para-hydroxylation sites is 1. The summed E-state index contributed by atoms with van der Waals surface area (Å²) in [5, 5.41) is 14.4. The van der Waals surface area contributed by atoms with E-state index in [4.69, 9.17) is 0 Å². The van der Waals surface area contributed by atoms with Crippen molar-refractivity contribution in [3.8, 4) is 0 Å². The van der Waals surface area contributed by atoms with Crippen LogP contribution in [-0.2, 0) is 0 Å². The van der Waals surface area contributed by atoms with Gasteiger partial charge in [0.05, 0.1) is 4.92 Å². The number of hydrogen-bond acceptors (Lipinski definition) is 4. The Labute approximate surface area is 165 Å². The number of carbonyl (C=O) groups is 2. The first-order valence-electron chi connectivity index (χ1n) is 8.80. The molecule has 29 heavy (non-hydrogen) atoms. The molecule has 3 aromatic carbocycles. The third-order valence-electron chi connectivity index (χ3n) is 4.49. The second-order valence-corrected chi connectivity index (χ2v) is 6.41. The molecule has 4 aromatic rings. The molecular weight excluding hydrogens is 370 g/mol. The van der Waals surface area contributed by atoms with Crippen molar-refractivity contribution < 1.29 is 14.5 Å². The van der Waals surface area contributed by atoms with Gasteiger partial charge in [0.25, 0.3) is 11.6 Å². The molecule has 0 saturated heterocycles. The van der Waals surface area contributed by atoms with Gasteiger partial charge in [-0.25, -0.2) is 0 Å². The average Bonchev–Trinajstić information content (AvgIpc) is 3.18. The molecule has 7 heteroatoms. The molecular formula is C22H15N3O4. The Hall–Kier alpha value is -4.26. The first-order chi connectivity index (χ1) is 14.0. The fourth-order valence-electron chi connectivity index (χ4n) is 3.11. The van der Waals surface area contributed by atoms with Crippen LogP contribution in [0.1, 0.15) is 26.4 Å². The van der Waals surface area contributed by atoms with Crippen LogP contribution in [0.3, 0.4) is 0 Å². The number of H-pyrrole nitrogens is 1. The Morgan fingerprint density at radius 1 is 0.862 bits per heavy atom. The quantitative estimate of drug-likeness (QED) is 0.298. The van der Waals surface area contributed by atoms with Gasteiger partial charge in [0.1, 0.15) is 11.2 Å². The first kappa shape index (κ1) is 18.1. The summed E-state index contributed by atoms with van der Waals surface area (Å²) < 4.78 is 0. The summed E-state index contributed by atoms with van der Waals surface area (Å²) >= 11 is 0. The van der Waals surface area contributed by atoms with Gasteiger partial charge in [-0.2, -0.15) is 0 Å². The minimum atomic E-state index is -0.501. The van der Waals surface area contributed by atoms with Crippen molar-refractivity contribution in [1.82, 2.24) is 4.98 Å². The van der Waals surface area contributed by atoms with Gasteiger partial charge >= 0.3 is 0 Å². The van der Waals surface area contributed by atoms with Gasteiger partial charge in [-0.1, -0.05) is 54.6 Å². The molecule has 0 atom stereocenters. The summed E-state index contributed by atoms with van der Waals surface area (Å²) in [6.45, 7) is 0. The number of fused-ring (bicyclic) bond motifs is 1. The van der Waals surface area contributed by atoms with Gasteiger partial charge in [-0.05, 0) is 18.2 Å². The summed E-state index contributed by atoms with van der Waals surface area (Å²) in [5.74, 6) is -0.609. The van der Waals surface area contributed by atoms with E-state index >= 15 is 0 Å². The number of aromatic amines is 1. The van der Waals surface area contributed by atoms with E-state index in [1.807, 2.05) is 6.07 Å². The van der Waals surface area contributed by atoms with Gasteiger partial charge in [0.2, 0.25) is 0 Å². The van der Waals surface area contributed by atoms with Gasteiger partial charge in [-0.15, -0.1) is 0 Å². The molecule has 0 fully saturated rings. The smallest absolute Gasteiger partial charge is 0.293 e. The maximum atomic E-state index is 12.6. The van der Waals surface area contributed by atoms with Gasteiger partial charge in [0, 0.05) is 28.3 Å². The van der Waals surface area contributed by atoms with Crippen LogP contribution in [0.15, 0.2) is 78.9 Å². The van der Waals surface area contributed by atoms with E-state index in [2.05, 4.69) is 10.3 Å². The molecule has 7 nitrogen and oxygen atoms in total. The zero-order valence-electron chi connectivity index (χ0n) is 15.1. The van der Waals surface area contributed by atoms with Crippen molar-refractivity contribution in [3.05, 3.63) is 106 Å². The highest BCUT2D eigenvalue weighted by Crippen LogP contribution is 2.26. The SMILES string of the molecule is O=C(c1ccccc1)c1cccc(NC(=O)c2cc3cccc([N+](=O)[O-])c3[nH]2)c1. The maximum Gasteiger partial charge on any atom is 0.293 e. The molecule has 0 spiro atoms. The monoisotopic (exact) mass is 385 g/mol. The predicted octanol–water partition coefficient (Wildman–Crippen LogP) is 4.56. The highest BCUT2D eigenvalue weighted by Gasteiger charge is 2.17. The molecule has 0 aliphatic rings. The summed E-state index contributed by atoms with van der Waals surface area (Å²) in [5.41, 5.74) is 1.83. The lowest BCUT2D eigenvalue weighted by Gasteiger charge is -2.06. The van der Waals surface area contributed by atoms with E-state index in [1.54, 1.807) is 66.7 Å². The van der Waals surface area contributed by atoms with Crippen LogP contribution >= 0.6 is 0 Å². The molecule has 2 N–H and O–H groups in total. The Morgan fingerprint density at radius 2 is 1.59 bits per heavy atom. The molecule has 142 valence electrons. The Kier molecular flexibility index (Phi) is 4.62. The number of rotatable bonds is 5.